The van der Waals surface area contributed by atoms with Crippen LogP contribution < -0.4 is 0 Å². The molecule has 12 aromatic rings. The van der Waals surface area contributed by atoms with Crippen LogP contribution in [0.5, 0.6) is 0 Å². The van der Waals surface area contributed by atoms with E-state index in [1.807, 2.05) is 64.2 Å². The lowest BCUT2D eigenvalue weighted by molar-refractivity contribution is 0.0333. The highest BCUT2D eigenvalue weighted by Crippen LogP contribution is 2.43. The molecule has 6 atom stereocenters. The van der Waals surface area contributed by atoms with E-state index in [4.69, 9.17) is 11.6 Å². The van der Waals surface area contributed by atoms with Gasteiger partial charge in [0.25, 0.3) is 0 Å². The zero-order valence-corrected chi connectivity index (χ0v) is 63.0. The molecule has 0 bridgehead atoms. The largest absolute Gasteiger partial charge is 0.392 e. The van der Waals surface area contributed by atoms with Crippen molar-refractivity contribution in [3.63, 3.8) is 0 Å². The molecule has 0 amide bonds. The Hall–Kier alpha value is -8.47. The van der Waals surface area contributed by atoms with Crippen molar-refractivity contribution in [3.8, 4) is 0 Å². The fraction of sp³-hybridized carbons (Fsp3) is 0.388. The molecule has 4 aromatic carbocycles. The lowest BCUT2D eigenvalue weighted by atomic mass is 9.96. The Balaban J connectivity index is 0.000000123. The zero-order chi connectivity index (χ0) is 73.7. The Kier molecular flexibility index (Phi) is 21.4. The Labute approximate surface area is 615 Å². The molecule has 0 aliphatic carbocycles. The van der Waals surface area contributed by atoms with Gasteiger partial charge in [-0.25, -0.2) is 0 Å². The Morgan fingerprint density at radius 2 is 1.03 bits per heavy atom. The smallest absolute Gasteiger partial charge is 0.108 e. The number of halogens is 1. The quantitative estimate of drug-likeness (QED) is 0.0636. The normalized spacial score (nSPS) is 18.4. The average Bonchev–Trinajstić information content (AvgIpc) is 1.60. The van der Waals surface area contributed by atoms with Crippen LogP contribution in [0.2, 0.25) is 5.02 Å². The van der Waals surface area contributed by atoms with Crippen LogP contribution in [0.3, 0.4) is 0 Å². The highest BCUT2D eigenvalue weighted by Gasteiger charge is 2.36. The topological polar surface area (TPSA) is 206 Å². The van der Waals surface area contributed by atoms with Crippen LogP contribution in [0, 0.1) is 27.7 Å². The fourth-order valence-corrected chi connectivity index (χ4v) is 16.8. The van der Waals surface area contributed by atoms with Gasteiger partial charge >= 0.3 is 0 Å². The first-order valence-electron chi connectivity index (χ1n) is 36.4. The minimum absolute atomic E-state index is 0.0379. The van der Waals surface area contributed by atoms with Crippen molar-refractivity contribution >= 4 is 55.2 Å². The van der Waals surface area contributed by atoms with E-state index in [-0.39, 0.29) is 6.61 Å². The third-order valence-corrected chi connectivity index (χ3v) is 22.5. The van der Waals surface area contributed by atoms with Crippen LogP contribution in [0.15, 0.2) is 159 Å². The lowest BCUT2D eigenvalue weighted by Gasteiger charge is -2.32. The van der Waals surface area contributed by atoms with E-state index < -0.39 is 29.0 Å². The summed E-state index contributed by atoms with van der Waals surface area (Å²) in [5.41, 5.74) is 20.5. The molecule has 4 aliphatic rings. The number of β-amino-alcohol motifs (C(OH)–C–C–N with tert-alkyl or cyclic N) is 1. The predicted octanol–water partition coefficient (Wildman–Crippen LogP) is 13.0. The molecule has 544 valence electrons. The van der Waals surface area contributed by atoms with Crippen LogP contribution in [0.25, 0.3) is 43.6 Å². The fourth-order valence-electron chi connectivity index (χ4n) is 16.5. The number of hydrogen-bond acceptors (Lipinski definition) is 14. The van der Waals surface area contributed by atoms with E-state index in [1.54, 1.807) is 62.6 Å². The number of aliphatic hydroxyl groups is 6. The number of nitrogens with zero attached hydrogens (tertiary/aromatic N) is 12. The van der Waals surface area contributed by atoms with E-state index in [2.05, 4.69) is 173 Å². The number of aliphatic hydroxyl groups excluding tert-OH is 3. The predicted molar refractivity (Wildman–Crippen MR) is 414 cm³/mol. The van der Waals surface area contributed by atoms with Crippen molar-refractivity contribution in [3.05, 3.63) is 259 Å². The van der Waals surface area contributed by atoms with Crippen molar-refractivity contribution in [1.82, 2.24) is 57.8 Å². The summed E-state index contributed by atoms with van der Waals surface area (Å²) < 4.78 is 8.96. The van der Waals surface area contributed by atoms with E-state index in [9.17, 15) is 30.6 Å². The second-order valence-corrected chi connectivity index (χ2v) is 30.9. The molecule has 0 radical (unpaired) electrons. The molecule has 12 heterocycles. The Morgan fingerprint density at radius 1 is 0.529 bits per heavy atom. The second-order valence-electron chi connectivity index (χ2n) is 30.5. The highest BCUT2D eigenvalue weighted by molar-refractivity contribution is 6.31. The van der Waals surface area contributed by atoms with Gasteiger partial charge in [0, 0.05) is 203 Å². The van der Waals surface area contributed by atoms with Crippen molar-refractivity contribution in [2.24, 2.45) is 0 Å². The summed E-state index contributed by atoms with van der Waals surface area (Å²) in [5.74, 6) is 0. The zero-order valence-electron chi connectivity index (χ0n) is 62.3. The summed E-state index contributed by atoms with van der Waals surface area (Å²) in [5, 5.41) is 70.7. The van der Waals surface area contributed by atoms with Gasteiger partial charge in [0.2, 0.25) is 0 Å². The van der Waals surface area contributed by atoms with E-state index in [1.165, 1.54) is 72.3 Å². The van der Waals surface area contributed by atoms with Gasteiger partial charge in [-0.1, -0.05) is 64.7 Å². The van der Waals surface area contributed by atoms with Crippen LogP contribution >= 0.6 is 11.6 Å². The maximum absolute atomic E-state index is 11.3. The Bertz CT molecular complexity index is 5060. The van der Waals surface area contributed by atoms with Gasteiger partial charge in [0.05, 0.1) is 44.6 Å². The molecule has 4 aliphatic heterocycles. The van der Waals surface area contributed by atoms with Crippen LogP contribution in [-0.4, -0.2) is 143 Å². The summed E-state index contributed by atoms with van der Waals surface area (Å²) in [6.07, 6.45) is 15.4. The van der Waals surface area contributed by atoms with Gasteiger partial charge in [0.1, 0.15) is 22.9 Å². The summed E-state index contributed by atoms with van der Waals surface area (Å²) in [4.78, 5) is 25.7. The van der Waals surface area contributed by atoms with Crippen molar-refractivity contribution in [2.75, 3.05) is 54.4 Å². The number of rotatable bonds is 13. The van der Waals surface area contributed by atoms with Crippen molar-refractivity contribution < 1.29 is 30.6 Å². The minimum Gasteiger partial charge on any atom is -0.392 e. The Morgan fingerprint density at radius 3 is 1.62 bits per heavy atom. The molecule has 0 fully saturated rings. The molecule has 8 aromatic heterocycles. The van der Waals surface area contributed by atoms with Crippen molar-refractivity contribution in [1.29, 1.82) is 0 Å². The molecule has 0 spiro atoms. The van der Waals surface area contributed by atoms with Gasteiger partial charge in [0.15, 0.2) is 0 Å². The first kappa shape index (κ1) is 73.8. The second kappa shape index (κ2) is 30.2. The average molecular weight is 1420 g/mol. The SMILES string of the molecule is Cc1ccc2c(c1)c1c(n2CC(C)(O)c2cccnc2)C(O)CN(C)C1.Cc1ccc2c(c1)c1c(n2CC(C)(O)c2cccnc2)CCN(C)C1C.Cc1ccc2c(c1)c1c(n2CC(C)(O)c2cnccc2Cl)CCN(C)C1.Cc1ccc2c(c1CO)c1c(n2CC(O)c2ccncc2)CCN(C)C1. The van der Waals surface area contributed by atoms with Crippen LogP contribution in [-0.2, 0) is 88.5 Å². The molecular formula is C85H101ClN12O6. The van der Waals surface area contributed by atoms with Gasteiger partial charge in [-0.3, -0.25) is 29.7 Å². The maximum Gasteiger partial charge on any atom is 0.108 e. The van der Waals surface area contributed by atoms with E-state index in [0.29, 0.717) is 49.4 Å². The monoisotopic (exact) mass is 1420 g/mol. The summed E-state index contributed by atoms with van der Waals surface area (Å²) in [6, 6.07) is 37.2. The number of likely N-dealkylation sites (N-methyl/N-ethyl adjacent to an activating group) is 4. The molecule has 0 saturated carbocycles. The van der Waals surface area contributed by atoms with Crippen LogP contribution in [0.1, 0.15) is 141 Å². The third kappa shape index (κ3) is 14.8. The molecular weight excluding hydrogens is 1320 g/mol. The number of hydrogen-bond donors (Lipinski definition) is 6. The van der Waals surface area contributed by atoms with Gasteiger partial charge in [-0.05, 0) is 195 Å². The first-order chi connectivity index (χ1) is 49.7. The summed E-state index contributed by atoms with van der Waals surface area (Å²) in [6.45, 7) is 24.4. The molecule has 16 rings (SSSR count). The van der Waals surface area contributed by atoms with Gasteiger partial charge < -0.3 is 58.7 Å². The molecule has 19 heteroatoms. The molecule has 0 saturated heterocycles. The minimum atomic E-state index is -1.10. The van der Waals surface area contributed by atoms with Crippen LogP contribution in [0.4, 0.5) is 0 Å². The van der Waals surface area contributed by atoms with E-state index in [0.717, 1.165) is 119 Å². The van der Waals surface area contributed by atoms with E-state index >= 15 is 0 Å². The molecule has 18 nitrogen and oxygen atoms in total. The maximum atomic E-state index is 11.3. The number of pyridine rings is 4. The first-order valence-corrected chi connectivity index (χ1v) is 36.8. The summed E-state index contributed by atoms with van der Waals surface area (Å²) >= 11 is 6.33. The third-order valence-electron chi connectivity index (χ3n) is 22.2. The summed E-state index contributed by atoms with van der Waals surface area (Å²) in [7, 11) is 8.51. The lowest BCUT2D eigenvalue weighted by Crippen LogP contribution is -2.34. The number of aromatic nitrogens is 8. The molecule has 104 heavy (non-hydrogen) atoms. The van der Waals surface area contributed by atoms with Gasteiger partial charge in [-0.2, -0.15) is 0 Å². The van der Waals surface area contributed by atoms with Crippen molar-refractivity contribution in [2.45, 2.75) is 162 Å². The van der Waals surface area contributed by atoms with Gasteiger partial charge in [-0.15, -0.1) is 0 Å². The molecule has 6 N–H and O–H groups in total. The highest BCUT2D eigenvalue weighted by atomic mass is 35.5. The number of benzene rings is 4. The standard InChI is InChI=1S/C22H27N3O.C21H24ClN3O.2C21H25N3O2/c1-15-7-8-19-18(12-15)21-16(2)24(4)11-9-20(21)25(19)14-22(3,26)17-6-5-10-23-13-17;1-14-4-5-19-15(10-14)16-12-24(3)9-7-20(16)25(19)13-21(2,26)17-11-23-8-6-18(17)22;1-14-6-7-18-16(9-14)17-11-23(3)12-19(25)20(17)24(18)13-21(2,26)15-5-4-8-22-10-15;1-14-3-4-19-21(17(14)13-25)16-11-23(2)10-7-18(16)24(19)12-20(26)15-5-8-22-9-6-15/h5-8,10,12-13,16,26H,9,11,14H2,1-4H3;4-6,8,10-11,26H,7,9,12-13H2,1-3H3;4-10,19,25-26H,11-13H2,1-3H3;3-6,8-9,20,25-26H,7,10-13H2,1-2H3. The number of aryl methyl sites for hydroxylation is 4. The molecule has 6 unspecified atom stereocenters. The number of fused-ring (bicyclic) bond motifs is 12.